The average molecular weight is 358 g/mol. The molecule has 1 fully saturated rings. The Morgan fingerprint density at radius 2 is 1.64 bits per heavy atom. The minimum absolute atomic E-state index is 0.0398. The maximum atomic E-state index is 11.8. The van der Waals surface area contributed by atoms with Crippen LogP contribution in [-0.4, -0.2) is 29.6 Å². The number of halogens is 1. The summed E-state index contributed by atoms with van der Waals surface area (Å²) in [7, 11) is 0. The summed E-state index contributed by atoms with van der Waals surface area (Å²) in [4.78, 5) is 2.51. The van der Waals surface area contributed by atoms with Crippen LogP contribution >= 0.6 is 11.6 Å². The van der Waals surface area contributed by atoms with Gasteiger partial charge in [-0.1, -0.05) is 67.4 Å². The summed E-state index contributed by atoms with van der Waals surface area (Å²) >= 11 is 6.07. The zero-order chi connectivity index (χ0) is 17.7. The SMILES string of the molecule is CC[C@](O)(c1ccc(Cl)cc1)[C@@H](CN1CCCCC1)c1ccccc1. The number of rotatable bonds is 6. The molecule has 1 N–H and O–H groups in total. The third kappa shape index (κ3) is 4.25. The van der Waals surface area contributed by atoms with Crippen molar-refractivity contribution in [1.82, 2.24) is 4.90 Å². The van der Waals surface area contributed by atoms with Crippen molar-refractivity contribution in [2.24, 2.45) is 0 Å². The van der Waals surface area contributed by atoms with E-state index in [0.29, 0.717) is 11.4 Å². The van der Waals surface area contributed by atoms with Crippen molar-refractivity contribution in [3.05, 3.63) is 70.7 Å². The van der Waals surface area contributed by atoms with Crippen molar-refractivity contribution < 1.29 is 5.11 Å². The molecule has 0 saturated carbocycles. The van der Waals surface area contributed by atoms with Gasteiger partial charge in [0.2, 0.25) is 0 Å². The molecule has 25 heavy (non-hydrogen) atoms. The lowest BCUT2D eigenvalue weighted by atomic mass is 9.75. The Morgan fingerprint density at radius 1 is 1.00 bits per heavy atom. The van der Waals surface area contributed by atoms with E-state index in [2.05, 4.69) is 36.1 Å². The Labute approximate surface area is 156 Å². The molecular formula is C22H28ClNO. The van der Waals surface area contributed by atoms with Gasteiger partial charge in [0.25, 0.3) is 0 Å². The molecule has 1 aliphatic rings. The van der Waals surface area contributed by atoms with Crippen molar-refractivity contribution >= 4 is 11.6 Å². The van der Waals surface area contributed by atoms with E-state index in [1.54, 1.807) is 0 Å². The van der Waals surface area contributed by atoms with E-state index in [1.807, 2.05) is 30.3 Å². The van der Waals surface area contributed by atoms with Crippen LogP contribution in [0.2, 0.25) is 5.02 Å². The van der Waals surface area contributed by atoms with Gasteiger partial charge in [-0.25, -0.2) is 0 Å². The molecule has 2 aromatic rings. The Balaban J connectivity index is 1.96. The van der Waals surface area contributed by atoms with E-state index in [1.165, 1.54) is 24.8 Å². The van der Waals surface area contributed by atoms with Crippen LogP contribution < -0.4 is 0 Å². The van der Waals surface area contributed by atoms with E-state index in [-0.39, 0.29) is 5.92 Å². The molecule has 134 valence electrons. The van der Waals surface area contributed by atoms with Crippen LogP contribution in [0.25, 0.3) is 0 Å². The van der Waals surface area contributed by atoms with E-state index in [0.717, 1.165) is 25.2 Å². The van der Waals surface area contributed by atoms with Crippen LogP contribution in [0.5, 0.6) is 0 Å². The average Bonchev–Trinajstić information content (AvgIpc) is 2.67. The largest absolute Gasteiger partial charge is 0.384 e. The van der Waals surface area contributed by atoms with Gasteiger partial charge < -0.3 is 10.0 Å². The highest BCUT2D eigenvalue weighted by Gasteiger charge is 2.39. The fraction of sp³-hybridized carbons (Fsp3) is 0.455. The highest BCUT2D eigenvalue weighted by atomic mass is 35.5. The predicted molar refractivity (Wildman–Crippen MR) is 105 cm³/mol. The van der Waals surface area contributed by atoms with Crippen molar-refractivity contribution in [2.75, 3.05) is 19.6 Å². The highest BCUT2D eigenvalue weighted by molar-refractivity contribution is 6.30. The first-order chi connectivity index (χ1) is 12.1. The quantitative estimate of drug-likeness (QED) is 0.767. The Hall–Kier alpha value is -1.35. The van der Waals surface area contributed by atoms with E-state index in [9.17, 15) is 5.11 Å². The van der Waals surface area contributed by atoms with Crippen LogP contribution in [0.1, 0.15) is 49.7 Å². The van der Waals surface area contributed by atoms with Crippen molar-refractivity contribution in [2.45, 2.75) is 44.1 Å². The minimum atomic E-state index is -0.899. The number of piperidine rings is 1. The first-order valence-electron chi connectivity index (χ1n) is 9.39. The van der Waals surface area contributed by atoms with Gasteiger partial charge in [-0.05, 0) is 55.6 Å². The number of nitrogens with zero attached hydrogens (tertiary/aromatic N) is 1. The van der Waals surface area contributed by atoms with Crippen molar-refractivity contribution in [3.63, 3.8) is 0 Å². The molecule has 0 aromatic heterocycles. The second kappa shape index (κ2) is 8.35. The zero-order valence-corrected chi connectivity index (χ0v) is 15.8. The number of aliphatic hydroxyl groups is 1. The monoisotopic (exact) mass is 357 g/mol. The highest BCUT2D eigenvalue weighted by Crippen LogP contribution is 2.41. The third-order valence-corrected chi connectivity index (χ3v) is 5.80. The smallest absolute Gasteiger partial charge is 0.0974 e. The van der Waals surface area contributed by atoms with E-state index in [4.69, 9.17) is 11.6 Å². The first kappa shape index (κ1) is 18.4. The second-order valence-electron chi connectivity index (χ2n) is 7.11. The molecular weight excluding hydrogens is 330 g/mol. The van der Waals surface area contributed by atoms with Crippen molar-refractivity contribution in [3.8, 4) is 0 Å². The van der Waals surface area contributed by atoms with Gasteiger partial charge in [-0.2, -0.15) is 0 Å². The molecule has 0 unspecified atom stereocenters. The fourth-order valence-electron chi connectivity index (χ4n) is 4.01. The number of likely N-dealkylation sites (tertiary alicyclic amines) is 1. The summed E-state index contributed by atoms with van der Waals surface area (Å²) in [6, 6.07) is 18.1. The zero-order valence-electron chi connectivity index (χ0n) is 15.0. The van der Waals surface area contributed by atoms with Gasteiger partial charge >= 0.3 is 0 Å². The second-order valence-corrected chi connectivity index (χ2v) is 7.55. The molecule has 2 atom stereocenters. The maximum absolute atomic E-state index is 11.8. The van der Waals surface area contributed by atoms with Gasteiger partial charge in [-0.3, -0.25) is 0 Å². The number of hydrogen-bond acceptors (Lipinski definition) is 2. The topological polar surface area (TPSA) is 23.5 Å². The minimum Gasteiger partial charge on any atom is -0.384 e. The fourth-order valence-corrected chi connectivity index (χ4v) is 4.13. The van der Waals surface area contributed by atoms with Gasteiger partial charge in [0.1, 0.15) is 0 Å². The Kier molecular flexibility index (Phi) is 6.16. The lowest BCUT2D eigenvalue weighted by molar-refractivity contribution is -0.0104. The third-order valence-electron chi connectivity index (χ3n) is 5.55. The molecule has 3 rings (SSSR count). The van der Waals surface area contributed by atoms with Crippen LogP contribution in [0.4, 0.5) is 0 Å². The van der Waals surface area contributed by atoms with Gasteiger partial charge in [0, 0.05) is 17.5 Å². The molecule has 1 saturated heterocycles. The molecule has 0 radical (unpaired) electrons. The summed E-state index contributed by atoms with van der Waals surface area (Å²) in [6.07, 6.45) is 4.50. The summed E-state index contributed by atoms with van der Waals surface area (Å²) in [6.45, 7) is 5.21. The number of hydrogen-bond donors (Lipinski definition) is 1. The van der Waals surface area contributed by atoms with Gasteiger partial charge in [-0.15, -0.1) is 0 Å². The molecule has 2 nitrogen and oxygen atoms in total. The summed E-state index contributed by atoms with van der Waals surface area (Å²) < 4.78 is 0. The molecule has 0 amide bonds. The lowest BCUT2D eigenvalue weighted by Gasteiger charge is -2.40. The first-order valence-corrected chi connectivity index (χ1v) is 9.77. The molecule has 3 heteroatoms. The molecule has 2 aromatic carbocycles. The van der Waals surface area contributed by atoms with Crippen LogP contribution in [0, 0.1) is 0 Å². The molecule has 1 heterocycles. The summed E-state index contributed by atoms with van der Waals surface area (Å²) in [5, 5.41) is 12.5. The predicted octanol–water partition coefficient (Wildman–Crippen LogP) is 5.21. The Morgan fingerprint density at radius 3 is 2.24 bits per heavy atom. The standard InChI is InChI=1S/C22H28ClNO/c1-2-22(25,19-11-13-20(23)14-12-19)21(18-9-5-3-6-10-18)17-24-15-7-4-8-16-24/h3,5-6,9-14,21,25H,2,4,7-8,15-17H2,1H3/t21-,22-/m0/s1. The maximum Gasteiger partial charge on any atom is 0.0974 e. The normalized spacial score (nSPS) is 19.3. The summed E-state index contributed by atoms with van der Waals surface area (Å²) in [5.74, 6) is 0.0398. The van der Waals surface area contributed by atoms with Crippen LogP contribution in [-0.2, 0) is 5.60 Å². The van der Waals surface area contributed by atoms with E-state index >= 15 is 0 Å². The number of benzene rings is 2. The molecule has 0 aliphatic carbocycles. The van der Waals surface area contributed by atoms with Crippen LogP contribution in [0.15, 0.2) is 54.6 Å². The van der Waals surface area contributed by atoms with E-state index < -0.39 is 5.60 Å². The molecule has 0 spiro atoms. The van der Waals surface area contributed by atoms with Gasteiger partial charge in [0.05, 0.1) is 5.60 Å². The molecule has 1 aliphatic heterocycles. The van der Waals surface area contributed by atoms with Crippen molar-refractivity contribution in [1.29, 1.82) is 0 Å². The summed E-state index contributed by atoms with van der Waals surface area (Å²) in [5.41, 5.74) is 1.25. The Bertz CT molecular complexity index is 651. The van der Waals surface area contributed by atoms with Crippen LogP contribution in [0.3, 0.4) is 0 Å². The molecule has 0 bridgehead atoms. The van der Waals surface area contributed by atoms with Gasteiger partial charge in [0.15, 0.2) is 0 Å². The lowest BCUT2D eigenvalue weighted by Crippen LogP contribution is -2.42.